The molecule has 0 radical (unpaired) electrons. The first-order valence-electron chi connectivity index (χ1n) is 14.3. The fourth-order valence-corrected chi connectivity index (χ4v) is 6.56. The molecule has 3 aromatic rings. The maximum absolute atomic E-state index is 13.8. The smallest absolute Gasteiger partial charge is 0.352 e. The number of carbonyl (C=O) groups is 6. The molecule has 1 aromatic heterocycles. The van der Waals surface area contributed by atoms with Gasteiger partial charge >= 0.3 is 17.9 Å². The molecule has 3 amide bonds. The second-order valence-electron chi connectivity index (χ2n) is 10.8. The number of carboxylic acid groups (broad SMARTS) is 2. The monoisotopic (exact) mass is 697 g/mol. The molecule has 6 N–H and O–H groups in total. The van der Waals surface area contributed by atoms with Crippen molar-refractivity contribution in [2.24, 2.45) is 0 Å². The Balaban J connectivity index is 1.44. The van der Waals surface area contributed by atoms with Gasteiger partial charge in [-0.1, -0.05) is 12.1 Å². The normalized spacial score (nSPS) is 17.4. The third-order valence-corrected chi connectivity index (χ3v) is 8.87. The van der Waals surface area contributed by atoms with E-state index in [9.17, 15) is 48.9 Å². The van der Waals surface area contributed by atoms with E-state index in [1.807, 2.05) is 0 Å². The summed E-state index contributed by atoms with van der Waals surface area (Å²) in [6, 6.07) is 4.71. The predicted molar refractivity (Wildman–Crippen MR) is 167 cm³/mol. The number of esters is 1. The Kier molecular flexibility index (Phi) is 9.52. The van der Waals surface area contributed by atoms with E-state index in [4.69, 9.17) is 19.0 Å². The van der Waals surface area contributed by atoms with Gasteiger partial charge in [0.05, 0.1) is 5.39 Å². The van der Waals surface area contributed by atoms with Crippen LogP contribution in [-0.4, -0.2) is 91.3 Å². The number of rotatable bonds is 11. The van der Waals surface area contributed by atoms with Gasteiger partial charge in [-0.2, -0.15) is 0 Å². The van der Waals surface area contributed by atoms with Crippen molar-refractivity contribution in [1.82, 2.24) is 15.5 Å². The van der Waals surface area contributed by atoms with Crippen LogP contribution in [0.5, 0.6) is 17.2 Å². The summed E-state index contributed by atoms with van der Waals surface area (Å²) in [5.74, 6) is -7.45. The molecular formula is C31H27N3O14S. The number of carboxylic acids is 2. The quantitative estimate of drug-likeness (QED) is 0.0918. The van der Waals surface area contributed by atoms with Crippen molar-refractivity contribution in [1.29, 1.82) is 0 Å². The van der Waals surface area contributed by atoms with Crippen LogP contribution in [0.3, 0.4) is 0 Å². The van der Waals surface area contributed by atoms with E-state index in [-0.39, 0.29) is 51.7 Å². The Labute approximate surface area is 279 Å². The van der Waals surface area contributed by atoms with Crippen LogP contribution < -0.4 is 20.8 Å². The maximum Gasteiger partial charge on any atom is 0.352 e. The molecule has 1 fully saturated rings. The number of ether oxygens (including phenoxy) is 2. The summed E-state index contributed by atoms with van der Waals surface area (Å²) < 4.78 is 15.5. The molecule has 17 nitrogen and oxygen atoms in total. The van der Waals surface area contributed by atoms with Gasteiger partial charge in [-0.05, 0) is 36.8 Å². The summed E-state index contributed by atoms with van der Waals surface area (Å²) in [7, 11) is 0. The lowest BCUT2D eigenvalue weighted by molar-refractivity contribution is -0.151. The van der Waals surface area contributed by atoms with Crippen LogP contribution in [0.25, 0.3) is 11.0 Å². The number of phenolic OH excluding ortho intramolecular Hbond substituents is 2. The van der Waals surface area contributed by atoms with Crippen molar-refractivity contribution in [2.45, 2.75) is 31.3 Å². The third kappa shape index (κ3) is 6.71. The number of nitrogens with one attached hydrogen (secondary N) is 2. The lowest BCUT2D eigenvalue weighted by atomic mass is 10.0. The van der Waals surface area contributed by atoms with E-state index in [0.717, 1.165) is 35.7 Å². The minimum absolute atomic E-state index is 0.0675. The predicted octanol–water partition coefficient (Wildman–Crippen LogP) is 0.749. The Hall–Kier alpha value is -6.04. The molecule has 1 saturated heterocycles. The number of aliphatic carboxylic acids is 2. The zero-order valence-corrected chi connectivity index (χ0v) is 26.4. The number of aromatic hydroxyl groups is 2. The molecule has 0 spiro atoms. The summed E-state index contributed by atoms with van der Waals surface area (Å²) in [4.78, 5) is 89.2. The third-order valence-electron chi connectivity index (χ3n) is 7.53. The highest BCUT2D eigenvalue weighted by atomic mass is 32.2. The molecule has 1 unspecified atom stereocenters. The van der Waals surface area contributed by atoms with Crippen molar-refractivity contribution in [3.63, 3.8) is 0 Å². The molecule has 3 atom stereocenters. The largest absolute Gasteiger partial charge is 0.504 e. The second kappa shape index (κ2) is 13.6. The lowest BCUT2D eigenvalue weighted by Gasteiger charge is -2.49. The minimum Gasteiger partial charge on any atom is -0.504 e. The second-order valence-corrected chi connectivity index (χ2v) is 11.9. The van der Waals surface area contributed by atoms with Gasteiger partial charge < -0.3 is 45.0 Å². The van der Waals surface area contributed by atoms with Gasteiger partial charge in [-0.25, -0.2) is 9.59 Å². The van der Waals surface area contributed by atoms with Crippen molar-refractivity contribution in [3.05, 3.63) is 74.8 Å². The first-order chi connectivity index (χ1) is 23.2. The summed E-state index contributed by atoms with van der Waals surface area (Å²) in [5.41, 5.74) is -1.85. The van der Waals surface area contributed by atoms with Gasteiger partial charge in [0.2, 0.25) is 17.1 Å². The summed E-state index contributed by atoms with van der Waals surface area (Å²) in [6.45, 7) is 1.41. The van der Waals surface area contributed by atoms with Gasteiger partial charge in [0.25, 0.3) is 11.8 Å². The highest BCUT2D eigenvalue weighted by Gasteiger charge is 2.54. The number of thioether (sulfide) groups is 1. The molecule has 2 aliphatic heterocycles. The molecule has 49 heavy (non-hydrogen) atoms. The number of carbonyl (C=O) groups excluding carboxylic acids is 4. The number of amides is 3. The maximum atomic E-state index is 13.8. The Morgan fingerprint density at radius 3 is 2.39 bits per heavy atom. The molecule has 0 saturated carbocycles. The Morgan fingerprint density at radius 1 is 1.06 bits per heavy atom. The summed E-state index contributed by atoms with van der Waals surface area (Å²) >= 11 is 1.12. The van der Waals surface area contributed by atoms with Crippen LogP contribution in [0.15, 0.2) is 56.9 Å². The van der Waals surface area contributed by atoms with Crippen LogP contribution in [-0.2, 0) is 28.7 Å². The van der Waals surface area contributed by atoms with Crippen molar-refractivity contribution in [2.75, 3.05) is 19.0 Å². The number of benzene rings is 2. The summed E-state index contributed by atoms with van der Waals surface area (Å²) in [5, 5.41) is 42.6. The standard InChI is InChI=1S/C31H27N3O14S/c1-12-20(24(39)17-7-8-18(36)25(40)26(17)48-12)27(41)32-21(14-3-5-16(6-4-14)47-10-19(37)38)28(42)33-22-29(43)34-23(31(44)45)15(9-46-13(2)35)11-49-30(22)34/h3-8,21-22,30,36,40H,9-11H2,1-2H3,(H,32,41)(H,33,42)(H,37,38)(H,44,45)/t21?,22-,30-/m1/s1. The SMILES string of the molecule is CC(=O)OCC1=C(C(=O)O)N2C(=O)[C@@H](NC(=O)C(NC(=O)c3c(C)oc4c(O)c(O)ccc4c3=O)c3ccc(OCC(=O)O)cc3)[C@H]2SC1. The van der Waals surface area contributed by atoms with Crippen LogP contribution in [0.2, 0.25) is 0 Å². The van der Waals surface area contributed by atoms with Gasteiger partial charge in [0.1, 0.15) is 46.8 Å². The fourth-order valence-electron chi connectivity index (χ4n) is 5.23. The van der Waals surface area contributed by atoms with Gasteiger partial charge in [-0.15, -0.1) is 11.8 Å². The highest BCUT2D eigenvalue weighted by Crippen LogP contribution is 2.41. The fraction of sp³-hybridized carbons (Fsp3) is 0.258. The zero-order chi connectivity index (χ0) is 35.7. The number of nitrogens with zero attached hydrogens (tertiary/aromatic N) is 1. The Bertz CT molecular complexity index is 2000. The average Bonchev–Trinajstić information content (AvgIpc) is 3.05. The van der Waals surface area contributed by atoms with Crippen LogP contribution in [0, 0.1) is 6.92 Å². The van der Waals surface area contributed by atoms with E-state index < -0.39 is 82.2 Å². The first-order valence-corrected chi connectivity index (χ1v) is 15.3. The van der Waals surface area contributed by atoms with Crippen LogP contribution >= 0.6 is 11.8 Å². The van der Waals surface area contributed by atoms with Crippen LogP contribution in [0.4, 0.5) is 0 Å². The minimum atomic E-state index is -1.58. The topological polar surface area (TPSA) is 259 Å². The number of hydrogen-bond acceptors (Lipinski definition) is 13. The van der Waals surface area contributed by atoms with Crippen molar-refractivity contribution < 1.29 is 63.1 Å². The molecule has 256 valence electrons. The number of β-lactam (4-membered cyclic amide) rings is 1. The molecular weight excluding hydrogens is 670 g/mol. The van der Waals surface area contributed by atoms with Crippen LogP contribution in [0.1, 0.15) is 34.6 Å². The van der Waals surface area contributed by atoms with Gasteiger partial charge in [-0.3, -0.25) is 28.9 Å². The molecule has 3 heterocycles. The van der Waals surface area contributed by atoms with E-state index in [0.29, 0.717) is 0 Å². The molecule has 5 rings (SSSR count). The van der Waals surface area contributed by atoms with Crippen molar-refractivity contribution in [3.8, 4) is 17.2 Å². The van der Waals surface area contributed by atoms with Gasteiger partial charge in [0.15, 0.2) is 17.9 Å². The number of aryl methyl sites for hydroxylation is 1. The van der Waals surface area contributed by atoms with E-state index in [1.165, 1.54) is 31.2 Å². The first kappa shape index (κ1) is 34.3. The zero-order valence-electron chi connectivity index (χ0n) is 25.5. The molecule has 18 heteroatoms. The average molecular weight is 698 g/mol. The molecule has 0 bridgehead atoms. The molecule has 2 aliphatic rings. The van der Waals surface area contributed by atoms with Crippen molar-refractivity contribution >= 4 is 58.4 Å². The molecule has 2 aromatic carbocycles. The highest BCUT2D eigenvalue weighted by molar-refractivity contribution is 8.00. The molecule has 0 aliphatic carbocycles. The number of hydrogen-bond donors (Lipinski definition) is 6. The number of fused-ring (bicyclic) bond motifs is 2. The number of phenols is 2. The lowest BCUT2D eigenvalue weighted by Crippen LogP contribution is -2.71. The Morgan fingerprint density at radius 2 is 1.76 bits per heavy atom. The van der Waals surface area contributed by atoms with Gasteiger partial charge in [0, 0.05) is 18.2 Å². The summed E-state index contributed by atoms with van der Waals surface area (Å²) in [6.07, 6.45) is 0. The van der Waals surface area contributed by atoms with E-state index >= 15 is 0 Å². The van der Waals surface area contributed by atoms with E-state index in [1.54, 1.807) is 0 Å². The van der Waals surface area contributed by atoms with E-state index in [2.05, 4.69) is 10.6 Å².